The van der Waals surface area contributed by atoms with Crippen molar-refractivity contribution in [2.75, 3.05) is 13.1 Å². The van der Waals surface area contributed by atoms with Gasteiger partial charge in [-0.25, -0.2) is 0 Å². The predicted molar refractivity (Wildman–Crippen MR) is 86.1 cm³/mol. The summed E-state index contributed by atoms with van der Waals surface area (Å²) in [6.45, 7) is 14.7. The summed E-state index contributed by atoms with van der Waals surface area (Å²) in [5.74, 6) is 0.208. The van der Waals surface area contributed by atoms with E-state index < -0.39 is 8.07 Å². The summed E-state index contributed by atoms with van der Waals surface area (Å²) in [5, 5.41) is 1.30. The van der Waals surface area contributed by atoms with Crippen LogP contribution in [0.2, 0.25) is 19.6 Å². The molecule has 0 heterocycles. The van der Waals surface area contributed by atoms with E-state index in [1.54, 1.807) is 0 Å². The van der Waals surface area contributed by atoms with Crippen molar-refractivity contribution in [3.05, 3.63) is 29.3 Å². The van der Waals surface area contributed by atoms with E-state index in [0.29, 0.717) is 0 Å². The molecule has 0 atom stereocenters. The first-order valence-electron chi connectivity index (χ1n) is 7.28. The number of amides is 1. The third kappa shape index (κ3) is 3.47. The van der Waals surface area contributed by atoms with Crippen molar-refractivity contribution in [1.29, 1.82) is 0 Å². The second-order valence-electron chi connectivity index (χ2n) is 5.92. The molecule has 3 heteroatoms. The van der Waals surface area contributed by atoms with Crippen LogP contribution in [0.5, 0.6) is 0 Å². The molecule has 0 unspecified atom stereocenters. The van der Waals surface area contributed by atoms with Gasteiger partial charge in [-0.15, -0.1) is 0 Å². The molecule has 0 aliphatic carbocycles. The van der Waals surface area contributed by atoms with Gasteiger partial charge in [-0.1, -0.05) is 44.8 Å². The zero-order valence-electron chi connectivity index (χ0n) is 13.2. The summed E-state index contributed by atoms with van der Waals surface area (Å²) in [6.07, 6.45) is 0.917. The Hall–Kier alpha value is -1.09. The number of hydrogen-bond acceptors (Lipinski definition) is 1. The average Bonchev–Trinajstić information content (AvgIpc) is 2.38. The monoisotopic (exact) mass is 277 g/mol. The highest BCUT2D eigenvalue weighted by molar-refractivity contribution is 6.89. The molecule has 0 fully saturated rings. The minimum absolute atomic E-state index is 0.208. The first-order valence-corrected chi connectivity index (χ1v) is 10.8. The van der Waals surface area contributed by atoms with Crippen molar-refractivity contribution in [1.82, 2.24) is 4.90 Å². The van der Waals surface area contributed by atoms with E-state index >= 15 is 0 Å². The molecule has 2 nitrogen and oxygen atoms in total. The van der Waals surface area contributed by atoms with Gasteiger partial charge in [-0.2, -0.15) is 0 Å². The number of benzene rings is 1. The molecule has 1 aromatic carbocycles. The molecule has 0 bridgehead atoms. The van der Waals surface area contributed by atoms with Crippen LogP contribution < -0.4 is 5.19 Å². The first-order chi connectivity index (χ1) is 8.86. The molecule has 0 saturated carbocycles. The standard InChI is InChI=1S/C16H27NOSi/c1-7-13-11-10-12-14(19(4,5)6)15(13)16(18)17(8-2)9-3/h10-12H,7-9H2,1-6H3. The summed E-state index contributed by atoms with van der Waals surface area (Å²) in [5.41, 5.74) is 2.17. The molecule has 1 aromatic rings. The topological polar surface area (TPSA) is 20.3 Å². The highest BCUT2D eigenvalue weighted by Gasteiger charge is 2.27. The van der Waals surface area contributed by atoms with Gasteiger partial charge in [0, 0.05) is 18.7 Å². The first kappa shape index (κ1) is 16.0. The SMILES string of the molecule is CCc1cccc([Si](C)(C)C)c1C(=O)N(CC)CC. The highest BCUT2D eigenvalue weighted by Crippen LogP contribution is 2.15. The van der Waals surface area contributed by atoms with Gasteiger partial charge in [-0.05, 0) is 31.0 Å². The van der Waals surface area contributed by atoms with Crippen molar-refractivity contribution >= 4 is 19.2 Å². The largest absolute Gasteiger partial charge is 0.339 e. The van der Waals surface area contributed by atoms with Crippen LogP contribution in [0, 0.1) is 0 Å². The van der Waals surface area contributed by atoms with Gasteiger partial charge in [0.1, 0.15) is 0 Å². The molecule has 106 valence electrons. The Labute approximate surface area is 118 Å². The van der Waals surface area contributed by atoms with Crippen LogP contribution in [0.25, 0.3) is 0 Å². The van der Waals surface area contributed by atoms with Crippen molar-refractivity contribution in [3.63, 3.8) is 0 Å². The lowest BCUT2D eigenvalue weighted by atomic mass is 10.0. The van der Waals surface area contributed by atoms with Crippen molar-refractivity contribution in [2.45, 2.75) is 46.8 Å². The molecule has 0 aliphatic rings. The minimum Gasteiger partial charge on any atom is -0.339 e. The van der Waals surface area contributed by atoms with Gasteiger partial charge < -0.3 is 4.90 Å². The second kappa shape index (κ2) is 6.37. The van der Waals surface area contributed by atoms with E-state index in [2.05, 4.69) is 44.8 Å². The molecule has 0 aliphatic heterocycles. The Morgan fingerprint density at radius 3 is 2.11 bits per heavy atom. The lowest BCUT2D eigenvalue weighted by Crippen LogP contribution is -2.45. The molecule has 0 saturated heterocycles. The normalized spacial score (nSPS) is 11.5. The van der Waals surface area contributed by atoms with Gasteiger partial charge in [0.05, 0.1) is 8.07 Å². The van der Waals surface area contributed by atoms with Crippen molar-refractivity contribution in [3.8, 4) is 0 Å². The number of rotatable bonds is 5. The summed E-state index contributed by atoms with van der Waals surface area (Å²) < 4.78 is 0. The third-order valence-corrected chi connectivity index (χ3v) is 5.64. The fraction of sp³-hybridized carbons (Fsp3) is 0.562. The van der Waals surface area contributed by atoms with E-state index in [-0.39, 0.29) is 5.91 Å². The summed E-state index contributed by atoms with van der Waals surface area (Å²) in [6, 6.07) is 6.36. The third-order valence-electron chi connectivity index (χ3n) is 3.60. The molecule has 1 amide bonds. The van der Waals surface area contributed by atoms with Gasteiger partial charge >= 0.3 is 0 Å². The zero-order chi connectivity index (χ0) is 14.6. The van der Waals surface area contributed by atoms with Crippen LogP contribution in [-0.4, -0.2) is 32.0 Å². The van der Waals surface area contributed by atoms with Crippen LogP contribution in [0.4, 0.5) is 0 Å². The van der Waals surface area contributed by atoms with E-state index in [1.165, 1.54) is 10.8 Å². The quantitative estimate of drug-likeness (QED) is 0.756. The molecule has 0 spiro atoms. The second-order valence-corrected chi connectivity index (χ2v) is 11.0. The van der Waals surface area contributed by atoms with E-state index in [1.807, 2.05) is 18.7 Å². The Balaban J connectivity index is 3.42. The zero-order valence-corrected chi connectivity index (χ0v) is 14.2. The molecular weight excluding hydrogens is 250 g/mol. The Morgan fingerprint density at radius 2 is 1.68 bits per heavy atom. The lowest BCUT2D eigenvalue weighted by Gasteiger charge is -2.26. The molecule has 0 N–H and O–H groups in total. The Morgan fingerprint density at radius 1 is 1.11 bits per heavy atom. The fourth-order valence-electron chi connectivity index (χ4n) is 2.44. The smallest absolute Gasteiger partial charge is 0.253 e. The number of nitrogens with zero attached hydrogens (tertiary/aromatic N) is 1. The van der Waals surface area contributed by atoms with Crippen LogP contribution in [0.15, 0.2) is 18.2 Å². The van der Waals surface area contributed by atoms with E-state index in [9.17, 15) is 4.79 Å². The Bertz CT molecular complexity index is 445. The number of hydrogen-bond donors (Lipinski definition) is 0. The number of aryl methyl sites for hydroxylation is 1. The molecule has 0 radical (unpaired) electrons. The highest BCUT2D eigenvalue weighted by atomic mass is 28.3. The summed E-state index contributed by atoms with van der Waals surface area (Å²) in [4.78, 5) is 14.7. The maximum atomic E-state index is 12.8. The molecular formula is C16H27NOSi. The van der Waals surface area contributed by atoms with Crippen molar-refractivity contribution < 1.29 is 4.79 Å². The molecule has 1 rings (SSSR count). The molecule has 19 heavy (non-hydrogen) atoms. The van der Waals surface area contributed by atoms with Crippen LogP contribution in [0.3, 0.4) is 0 Å². The fourth-order valence-corrected chi connectivity index (χ4v) is 4.05. The van der Waals surface area contributed by atoms with Gasteiger partial charge in [0.2, 0.25) is 0 Å². The van der Waals surface area contributed by atoms with Gasteiger partial charge in [0.25, 0.3) is 5.91 Å². The number of carbonyl (C=O) groups is 1. The van der Waals surface area contributed by atoms with Gasteiger partial charge in [0.15, 0.2) is 0 Å². The van der Waals surface area contributed by atoms with Gasteiger partial charge in [-0.3, -0.25) is 4.79 Å². The van der Waals surface area contributed by atoms with E-state index in [0.717, 1.165) is 25.1 Å². The van der Waals surface area contributed by atoms with Crippen LogP contribution >= 0.6 is 0 Å². The summed E-state index contributed by atoms with van der Waals surface area (Å²) in [7, 11) is -1.51. The lowest BCUT2D eigenvalue weighted by molar-refractivity contribution is 0.0773. The predicted octanol–water partition coefficient (Wildman–Crippen LogP) is 3.28. The van der Waals surface area contributed by atoms with Crippen LogP contribution in [0.1, 0.15) is 36.7 Å². The van der Waals surface area contributed by atoms with E-state index in [4.69, 9.17) is 0 Å². The Kier molecular flexibility index (Phi) is 5.35. The maximum absolute atomic E-state index is 12.8. The van der Waals surface area contributed by atoms with Crippen LogP contribution in [-0.2, 0) is 6.42 Å². The molecule has 0 aromatic heterocycles. The maximum Gasteiger partial charge on any atom is 0.253 e. The summed E-state index contributed by atoms with van der Waals surface area (Å²) >= 11 is 0. The van der Waals surface area contributed by atoms with Crippen molar-refractivity contribution in [2.24, 2.45) is 0 Å². The average molecular weight is 277 g/mol. The number of carbonyl (C=O) groups excluding carboxylic acids is 1. The minimum atomic E-state index is -1.51.